The van der Waals surface area contributed by atoms with Crippen LogP contribution in [0.3, 0.4) is 0 Å². The minimum Gasteiger partial charge on any atom is -0.512 e. The summed E-state index contributed by atoms with van der Waals surface area (Å²) in [6, 6.07) is 11.4. The molecule has 3 heterocycles. The molecule has 0 saturated heterocycles. The Kier molecular flexibility index (Phi) is 3.72. The lowest BCUT2D eigenvalue weighted by atomic mass is 10.0. The van der Waals surface area contributed by atoms with E-state index in [9.17, 15) is 9.90 Å². The van der Waals surface area contributed by atoms with Crippen molar-refractivity contribution in [2.24, 2.45) is 0 Å². The van der Waals surface area contributed by atoms with Crippen LogP contribution in [0, 0.1) is 6.92 Å². The average Bonchev–Trinajstić information content (AvgIpc) is 2.96. The Balaban J connectivity index is 1.63. The molecule has 1 aromatic carbocycles. The number of benzene rings is 1. The molecule has 0 atom stereocenters. The van der Waals surface area contributed by atoms with Crippen LogP contribution in [0.4, 0.5) is 5.69 Å². The maximum atomic E-state index is 12.4. The molecule has 0 radical (unpaired) electrons. The van der Waals surface area contributed by atoms with E-state index in [1.807, 2.05) is 37.3 Å². The van der Waals surface area contributed by atoms with Crippen molar-refractivity contribution in [1.82, 2.24) is 14.5 Å². The van der Waals surface area contributed by atoms with Gasteiger partial charge in [0, 0.05) is 36.1 Å². The summed E-state index contributed by atoms with van der Waals surface area (Å²) >= 11 is 0. The second kappa shape index (κ2) is 6.05. The molecular weight excluding hydrogens is 316 g/mol. The molecule has 3 aromatic rings. The van der Waals surface area contributed by atoms with Gasteiger partial charge in [-0.1, -0.05) is 12.1 Å². The van der Waals surface area contributed by atoms with E-state index < -0.39 is 0 Å². The fraction of sp³-hybridized carbons (Fsp3) is 0.211. The minimum atomic E-state index is -0.187. The molecule has 1 aliphatic rings. The first-order valence-corrected chi connectivity index (χ1v) is 8.21. The van der Waals surface area contributed by atoms with Gasteiger partial charge in [0.25, 0.3) is 0 Å². The molecule has 25 heavy (non-hydrogen) atoms. The summed E-state index contributed by atoms with van der Waals surface area (Å²) < 4.78 is 2.06. The molecule has 1 aliphatic heterocycles. The first-order valence-electron chi connectivity index (χ1n) is 8.21. The van der Waals surface area contributed by atoms with E-state index in [2.05, 4.69) is 19.9 Å². The van der Waals surface area contributed by atoms with E-state index in [1.165, 1.54) is 0 Å². The van der Waals surface area contributed by atoms with Crippen LogP contribution >= 0.6 is 0 Å². The number of hydrogen-bond acceptors (Lipinski definition) is 4. The first-order chi connectivity index (χ1) is 12.1. The lowest BCUT2D eigenvalue weighted by Crippen LogP contribution is -2.18. The van der Waals surface area contributed by atoms with E-state index in [1.54, 1.807) is 12.3 Å². The number of nitrogens with zero attached hydrogens (tertiary/aromatic N) is 3. The van der Waals surface area contributed by atoms with Gasteiger partial charge in [0.2, 0.25) is 5.91 Å². The fourth-order valence-corrected chi connectivity index (χ4v) is 3.20. The fourth-order valence-electron chi connectivity index (χ4n) is 3.20. The van der Waals surface area contributed by atoms with E-state index in [-0.39, 0.29) is 18.1 Å². The number of aliphatic hydroxyl groups excluding tert-OH is 1. The van der Waals surface area contributed by atoms with Crippen molar-refractivity contribution in [1.29, 1.82) is 0 Å². The van der Waals surface area contributed by atoms with Crippen molar-refractivity contribution >= 4 is 28.2 Å². The van der Waals surface area contributed by atoms with Gasteiger partial charge < -0.3 is 15.0 Å². The number of imidazole rings is 1. The normalized spacial score (nSPS) is 13.8. The van der Waals surface area contributed by atoms with Crippen molar-refractivity contribution in [3.05, 3.63) is 59.9 Å². The van der Waals surface area contributed by atoms with E-state index in [0.29, 0.717) is 30.1 Å². The second-order valence-electron chi connectivity index (χ2n) is 6.16. The lowest BCUT2D eigenvalue weighted by molar-refractivity contribution is -0.115. The zero-order chi connectivity index (χ0) is 17.4. The van der Waals surface area contributed by atoms with Crippen molar-refractivity contribution in [3.8, 4) is 0 Å². The van der Waals surface area contributed by atoms with Crippen molar-refractivity contribution in [2.75, 3.05) is 5.32 Å². The van der Waals surface area contributed by atoms with Crippen LogP contribution in [-0.4, -0.2) is 25.5 Å². The predicted octanol–water partition coefficient (Wildman–Crippen LogP) is 3.44. The Hall–Kier alpha value is -3.15. The van der Waals surface area contributed by atoms with Gasteiger partial charge >= 0.3 is 0 Å². The van der Waals surface area contributed by atoms with E-state index in [0.717, 1.165) is 16.7 Å². The maximum Gasteiger partial charge on any atom is 0.229 e. The number of nitrogens with one attached hydrogen (secondary N) is 1. The van der Waals surface area contributed by atoms with Gasteiger partial charge in [0.15, 0.2) is 0 Å². The molecule has 6 heteroatoms. The summed E-state index contributed by atoms with van der Waals surface area (Å²) in [6.07, 6.45) is 2.24. The van der Waals surface area contributed by atoms with Crippen molar-refractivity contribution in [3.63, 3.8) is 0 Å². The van der Waals surface area contributed by atoms with Crippen LogP contribution in [0.1, 0.15) is 24.4 Å². The molecular formula is C19H18N4O2. The minimum absolute atomic E-state index is 0.0799. The quantitative estimate of drug-likeness (QED) is 0.769. The molecule has 2 aromatic heterocycles. The highest BCUT2D eigenvalue weighted by Gasteiger charge is 2.24. The number of aryl methyl sites for hydroxylation is 2. The number of aromatic nitrogens is 3. The van der Waals surface area contributed by atoms with Gasteiger partial charge in [-0.2, -0.15) is 0 Å². The Morgan fingerprint density at radius 2 is 2.16 bits per heavy atom. The molecule has 0 bridgehead atoms. The van der Waals surface area contributed by atoms with Crippen molar-refractivity contribution < 1.29 is 9.90 Å². The summed E-state index contributed by atoms with van der Waals surface area (Å²) in [5.41, 5.74) is 4.01. The Labute approximate surface area is 144 Å². The summed E-state index contributed by atoms with van der Waals surface area (Å²) in [7, 11) is 0. The summed E-state index contributed by atoms with van der Waals surface area (Å²) in [5.74, 6) is 0.725. The number of carbonyl (C=O) groups is 1. The van der Waals surface area contributed by atoms with Crippen LogP contribution < -0.4 is 5.32 Å². The standard InChI is InChI=1S/C19H18N4O2/c1-12-10-13(6-8-20-12)21-18(25)11-14-17(24)7-9-23-16-5-3-2-4-15(16)22-19(14)23/h2-6,8,10,24H,7,9,11H2,1H3,(H,20,21,25). The molecule has 1 amide bonds. The highest BCUT2D eigenvalue weighted by molar-refractivity contribution is 5.98. The number of para-hydroxylation sites is 2. The maximum absolute atomic E-state index is 12.4. The van der Waals surface area contributed by atoms with Crippen molar-refractivity contribution in [2.45, 2.75) is 26.3 Å². The molecule has 0 aliphatic carbocycles. The third-order valence-corrected chi connectivity index (χ3v) is 4.36. The highest BCUT2D eigenvalue weighted by Crippen LogP contribution is 2.31. The van der Waals surface area contributed by atoms with Gasteiger partial charge in [-0.05, 0) is 31.2 Å². The number of amides is 1. The molecule has 4 rings (SSSR count). The molecule has 6 nitrogen and oxygen atoms in total. The number of aliphatic hydroxyl groups is 1. The molecule has 0 fully saturated rings. The van der Waals surface area contributed by atoms with Crippen LogP contribution in [0.2, 0.25) is 0 Å². The van der Waals surface area contributed by atoms with Gasteiger partial charge in [-0.3, -0.25) is 9.78 Å². The molecule has 0 spiro atoms. The summed E-state index contributed by atoms with van der Waals surface area (Å²) in [4.78, 5) is 21.2. The Morgan fingerprint density at radius 3 is 3.00 bits per heavy atom. The summed E-state index contributed by atoms with van der Waals surface area (Å²) in [6.45, 7) is 2.53. The second-order valence-corrected chi connectivity index (χ2v) is 6.16. The number of fused-ring (bicyclic) bond motifs is 3. The summed E-state index contributed by atoms with van der Waals surface area (Å²) in [5, 5.41) is 13.2. The number of rotatable bonds is 3. The monoisotopic (exact) mass is 334 g/mol. The van der Waals surface area contributed by atoms with Gasteiger partial charge in [0.05, 0.1) is 17.5 Å². The van der Waals surface area contributed by atoms with Crippen LogP contribution in [0.5, 0.6) is 0 Å². The van der Waals surface area contributed by atoms with E-state index in [4.69, 9.17) is 0 Å². The topological polar surface area (TPSA) is 80.0 Å². The smallest absolute Gasteiger partial charge is 0.229 e. The third kappa shape index (κ3) is 2.87. The molecule has 0 unspecified atom stereocenters. The average molecular weight is 334 g/mol. The number of pyridine rings is 1. The van der Waals surface area contributed by atoms with Gasteiger partial charge in [-0.15, -0.1) is 0 Å². The lowest BCUT2D eigenvalue weighted by Gasteiger charge is -2.19. The van der Waals surface area contributed by atoms with Crippen LogP contribution in [0.25, 0.3) is 16.6 Å². The molecule has 0 saturated carbocycles. The van der Waals surface area contributed by atoms with E-state index >= 15 is 0 Å². The first kappa shape index (κ1) is 15.4. The Morgan fingerprint density at radius 1 is 1.32 bits per heavy atom. The predicted molar refractivity (Wildman–Crippen MR) is 96.1 cm³/mol. The molecule has 2 N–H and O–H groups in total. The number of allylic oxidation sites excluding steroid dienone is 1. The SMILES string of the molecule is Cc1cc(NC(=O)CC2=C(O)CCn3c2nc2ccccc23)ccn1. The molecule has 126 valence electrons. The Bertz CT molecular complexity index is 1000. The van der Waals surface area contributed by atoms with Gasteiger partial charge in [0.1, 0.15) is 11.6 Å². The zero-order valence-corrected chi connectivity index (χ0v) is 13.9. The van der Waals surface area contributed by atoms with Crippen LogP contribution in [0.15, 0.2) is 48.4 Å². The highest BCUT2D eigenvalue weighted by atomic mass is 16.3. The van der Waals surface area contributed by atoms with Gasteiger partial charge in [-0.25, -0.2) is 4.98 Å². The third-order valence-electron chi connectivity index (χ3n) is 4.36. The number of carbonyl (C=O) groups excluding carboxylic acids is 1. The van der Waals surface area contributed by atoms with Crippen LogP contribution in [-0.2, 0) is 11.3 Å². The zero-order valence-electron chi connectivity index (χ0n) is 13.9. The number of anilines is 1. The largest absolute Gasteiger partial charge is 0.512 e. The number of hydrogen-bond donors (Lipinski definition) is 2.